The van der Waals surface area contributed by atoms with Crippen LogP contribution in [0.5, 0.6) is 0 Å². The number of rotatable bonds is 7. The van der Waals surface area contributed by atoms with Crippen LogP contribution >= 0.6 is 0 Å². The van der Waals surface area contributed by atoms with Crippen LogP contribution in [0.2, 0.25) is 0 Å². The number of benzene rings is 1. The van der Waals surface area contributed by atoms with Crippen molar-refractivity contribution in [3.05, 3.63) is 29.8 Å². The van der Waals surface area contributed by atoms with Gasteiger partial charge in [0, 0.05) is 31.9 Å². The van der Waals surface area contributed by atoms with Crippen LogP contribution in [0.4, 0.5) is 5.69 Å². The van der Waals surface area contributed by atoms with Crippen LogP contribution in [-0.2, 0) is 16.0 Å². The van der Waals surface area contributed by atoms with Crippen molar-refractivity contribution in [1.82, 2.24) is 15.1 Å². The highest BCUT2D eigenvalue weighted by molar-refractivity contribution is 5.92. The minimum absolute atomic E-state index is 0.0260. The SMILES string of the molecule is CN1CCN(C(=O)Cc2ccc(NC(=O)CNCC3CC3)cc2)CC1. The number of piperazine rings is 1. The van der Waals surface area contributed by atoms with Gasteiger partial charge in [-0.2, -0.15) is 0 Å². The predicted octanol–water partition coefficient (Wildman–Crippen LogP) is 0.941. The van der Waals surface area contributed by atoms with E-state index in [1.807, 2.05) is 29.2 Å². The average molecular weight is 344 g/mol. The maximum Gasteiger partial charge on any atom is 0.238 e. The molecular weight excluding hydrogens is 316 g/mol. The van der Waals surface area contributed by atoms with Gasteiger partial charge in [0.15, 0.2) is 0 Å². The van der Waals surface area contributed by atoms with Gasteiger partial charge in [0.2, 0.25) is 11.8 Å². The molecule has 2 aliphatic rings. The lowest BCUT2D eigenvalue weighted by molar-refractivity contribution is -0.132. The summed E-state index contributed by atoms with van der Waals surface area (Å²) >= 11 is 0. The van der Waals surface area contributed by atoms with Gasteiger partial charge in [-0.3, -0.25) is 9.59 Å². The lowest BCUT2D eigenvalue weighted by Gasteiger charge is -2.32. The van der Waals surface area contributed by atoms with E-state index in [1.165, 1.54) is 12.8 Å². The van der Waals surface area contributed by atoms with Crippen LogP contribution in [0.3, 0.4) is 0 Å². The molecule has 1 aromatic carbocycles. The van der Waals surface area contributed by atoms with Crippen LogP contribution in [-0.4, -0.2) is 67.9 Å². The fourth-order valence-corrected chi connectivity index (χ4v) is 2.97. The molecule has 2 N–H and O–H groups in total. The highest BCUT2D eigenvalue weighted by Gasteiger charge is 2.21. The largest absolute Gasteiger partial charge is 0.340 e. The van der Waals surface area contributed by atoms with Gasteiger partial charge in [-0.25, -0.2) is 0 Å². The zero-order valence-corrected chi connectivity index (χ0v) is 15.0. The molecule has 1 aliphatic carbocycles. The number of amides is 2. The van der Waals surface area contributed by atoms with Crippen molar-refractivity contribution in [3.63, 3.8) is 0 Å². The maximum atomic E-state index is 12.3. The second kappa shape index (κ2) is 8.45. The topological polar surface area (TPSA) is 64.7 Å². The number of hydrogen-bond donors (Lipinski definition) is 2. The third kappa shape index (κ3) is 5.83. The van der Waals surface area contributed by atoms with Gasteiger partial charge >= 0.3 is 0 Å². The summed E-state index contributed by atoms with van der Waals surface area (Å²) in [7, 11) is 2.08. The average Bonchev–Trinajstić information content (AvgIpc) is 3.41. The predicted molar refractivity (Wildman–Crippen MR) is 98.4 cm³/mol. The number of carbonyl (C=O) groups is 2. The molecule has 1 saturated heterocycles. The Morgan fingerprint density at radius 2 is 1.76 bits per heavy atom. The molecule has 0 unspecified atom stereocenters. The van der Waals surface area contributed by atoms with E-state index in [0.717, 1.165) is 49.9 Å². The normalized spacial score (nSPS) is 18.2. The Morgan fingerprint density at radius 1 is 1.08 bits per heavy atom. The molecule has 0 aromatic heterocycles. The molecule has 0 radical (unpaired) electrons. The molecule has 0 spiro atoms. The summed E-state index contributed by atoms with van der Waals surface area (Å²) in [6.07, 6.45) is 2.98. The van der Waals surface area contributed by atoms with E-state index in [-0.39, 0.29) is 11.8 Å². The number of carbonyl (C=O) groups excluding carboxylic acids is 2. The second-order valence-electron chi connectivity index (χ2n) is 7.18. The van der Waals surface area contributed by atoms with Crippen molar-refractivity contribution in [2.45, 2.75) is 19.3 Å². The van der Waals surface area contributed by atoms with Gasteiger partial charge in [-0.15, -0.1) is 0 Å². The van der Waals surface area contributed by atoms with Crippen molar-refractivity contribution in [2.24, 2.45) is 5.92 Å². The van der Waals surface area contributed by atoms with Crippen LogP contribution < -0.4 is 10.6 Å². The van der Waals surface area contributed by atoms with Crippen LogP contribution in [0.15, 0.2) is 24.3 Å². The zero-order valence-electron chi connectivity index (χ0n) is 15.0. The van der Waals surface area contributed by atoms with E-state index in [9.17, 15) is 9.59 Å². The quantitative estimate of drug-likeness (QED) is 0.773. The Morgan fingerprint density at radius 3 is 2.40 bits per heavy atom. The fraction of sp³-hybridized carbons (Fsp3) is 0.579. The van der Waals surface area contributed by atoms with Crippen molar-refractivity contribution < 1.29 is 9.59 Å². The zero-order chi connectivity index (χ0) is 17.6. The Balaban J connectivity index is 1.41. The van der Waals surface area contributed by atoms with Gasteiger partial charge in [-0.05, 0) is 50.0 Å². The minimum Gasteiger partial charge on any atom is -0.340 e. The number of hydrogen-bond acceptors (Lipinski definition) is 4. The first-order chi connectivity index (χ1) is 12.1. The summed E-state index contributed by atoms with van der Waals surface area (Å²) in [6.45, 7) is 4.76. The molecule has 1 heterocycles. The molecule has 25 heavy (non-hydrogen) atoms. The van der Waals surface area contributed by atoms with E-state index < -0.39 is 0 Å². The summed E-state index contributed by atoms with van der Waals surface area (Å²) in [4.78, 5) is 28.4. The van der Waals surface area contributed by atoms with E-state index in [0.29, 0.717) is 13.0 Å². The molecule has 0 atom stereocenters. The second-order valence-corrected chi connectivity index (χ2v) is 7.18. The van der Waals surface area contributed by atoms with Gasteiger partial charge in [0.1, 0.15) is 0 Å². The Labute approximate surface area is 149 Å². The summed E-state index contributed by atoms with van der Waals surface area (Å²) in [5.74, 6) is 0.918. The van der Waals surface area contributed by atoms with E-state index in [2.05, 4.69) is 22.6 Å². The van der Waals surface area contributed by atoms with Crippen LogP contribution in [0.1, 0.15) is 18.4 Å². The van der Waals surface area contributed by atoms with Crippen LogP contribution in [0.25, 0.3) is 0 Å². The minimum atomic E-state index is -0.0260. The summed E-state index contributed by atoms with van der Waals surface area (Å²) in [5.41, 5.74) is 1.75. The van der Waals surface area contributed by atoms with Gasteiger partial charge in [-0.1, -0.05) is 12.1 Å². The molecule has 2 fully saturated rings. The van der Waals surface area contributed by atoms with Crippen molar-refractivity contribution >= 4 is 17.5 Å². The molecule has 1 aromatic rings. The summed E-state index contributed by atoms with van der Waals surface area (Å²) in [5, 5.41) is 6.06. The summed E-state index contributed by atoms with van der Waals surface area (Å²) < 4.78 is 0. The number of nitrogens with zero attached hydrogens (tertiary/aromatic N) is 2. The van der Waals surface area contributed by atoms with E-state index in [1.54, 1.807) is 0 Å². The molecule has 1 saturated carbocycles. The first-order valence-electron chi connectivity index (χ1n) is 9.16. The number of anilines is 1. The molecule has 3 rings (SSSR count). The molecule has 1 aliphatic heterocycles. The van der Waals surface area contributed by atoms with Gasteiger partial charge in [0.25, 0.3) is 0 Å². The lowest BCUT2D eigenvalue weighted by Crippen LogP contribution is -2.47. The molecule has 0 bridgehead atoms. The van der Waals surface area contributed by atoms with Crippen molar-refractivity contribution in [3.8, 4) is 0 Å². The standard InChI is InChI=1S/C19H28N4O2/c1-22-8-10-23(11-9-22)19(25)12-15-4-6-17(7-5-15)21-18(24)14-20-13-16-2-3-16/h4-7,16,20H,2-3,8-14H2,1H3,(H,21,24). The first-order valence-corrected chi connectivity index (χ1v) is 9.16. The Bertz CT molecular complexity index is 590. The van der Waals surface area contributed by atoms with Crippen LogP contribution in [0, 0.1) is 5.92 Å². The fourth-order valence-electron chi connectivity index (χ4n) is 2.97. The maximum absolute atomic E-state index is 12.3. The molecule has 136 valence electrons. The van der Waals surface area contributed by atoms with Gasteiger partial charge < -0.3 is 20.4 Å². The molecular formula is C19H28N4O2. The first kappa shape index (κ1) is 17.9. The highest BCUT2D eigenvalue weighted by Crippen LogP contribution is 2.27. The number of likely N-dealkylation sites (N-methyl/N-ethyl adjacent to an activating group) is 1. The lowest BCUT2D eigenvalue weighted by atomic mass is 10.1. The van der Waals surface area contributed by atoms with Crippen molar-refractivity contribution in [1.29, 1.82) is 0 Å². The molecule has 6 nitrogen and oxygen atoms in total. The third-order valence-electron chi connectivity index (χ3n) is 4.86. The van der Waals surface area contributed by atoms with Crippen molar-refractivity contribution in [2.75, 3.05) is 51.6 Å². The van der Waals surface area contributed by atoms with E-state index >= 15 is 0 Å². The Kier molecular flexibility index (Phi) is 6.04. The summed E-state index contributed by atoms with van der Waals surface area (Å²) in [6, 6.07) is 7.57. The smallest absolute Gasteiger partial charge is 0.238 e. The Hall–Kier alpha value is -1.92. The third-order valence-corrected chi connectivity index (χ3v) is 4.86. The monoisotopic (exact) mass is 344 g/mol. The van der Waals surface area contributed by atoms with E-state index in [4.69, 9.17) is 0 Å². The number of nitrogens with one attached hydrogen (secondary N) is 2. The molecule has 2 amide bonds. The molecule has 6 heteroatoms. The highest BCUT2D eigenvalue weighted by atomic mass is 16.2. The van der Waals surface area contributed by atoms with Gasteiger partial charge in [0.05, 0.1) is 13.0 Å².